The van der Waals surface area contributed by atoms with E-state index in [1.165, 1.54) is 5.56 Å². The number of alkyl carbamates (subject to hydrolysis) is 1. The first-order valence-corrected chi connectivity index (χ1v) is 8.38. The van der Waals surface area contributed by atoms with Gasteiger partial charge >= 0.3 is 6.09 Å². The van der Waals surface area contributed by atoms with Gasteiger partial charge in [0.2, 0.25) is 6.20 Å². The summed E-state index contributed by atoms with van der Waals surface area (Å²) in [6.45, 7) is 7.87. The first-order chi connectivity index (χ1) is 11.8. The third-order valence-electron chi connectivity index (χ3n) is 3.59. The lowest BCUT2D eigenvalue weighted by Crippen LogP contribution is -2.47. The zero-order valence-corrected chi connectivity index (χ0v) is 15.6. The van der Waals surface area contributed by atoms with Crippen molar-refractivity contribution in [2.45, 2.75) is 46.3 Å². The molecule has 0 atom stereocenters. The number of aryl methyl sites for hydroxylation is 1. The van der Waals surface area contributed by atoms with Crippen molar-refractivity contribution in [3.05, 3.63) is 65.0 Å². The lowest BCUT2D eigenvalue weighted by molar-refractivity contribution is -0.891. The maximum absolute atomic E-state index is 12.0. The van der Waals surface area contributed by atoms with E-state index in [2.05, 4.69) is 23.5 Å². The van der Waals surface area contributed by atoms with Gasteiger partial charge < -0.3 is 10.1 Å². The van der Waals surface area contributed by atoms with Gasteiger partial charge in [0.25, 0.3) is 5.69 Å². The number of pyridine rings is 1. The van der Waals surface area contributed by atoms with E-state index in [9.17, 15) is 4.79 Å². The van der Waals surface area contributed by atoms with Crippen molar-refractivity contribution >= 4 is 6.09 Å². The molecule has 2 rings (SSSR count). The summed E-state index contributed by atoms with van der Waals surface area (Å²) in [5.41, 5.74) is 3.76. The third kappa shape index (κ3) is 5.78. The molecule has 0 saturated heterocycles. The lowest BCUT2D eigenvalue weighted by atomic mass is 10.0. The second kappa shape index (κ2) is 8.01. The molecule has 1 amide bonds. The van der Waals surface area contributed by atoms with Crippen molar-refractivity contribution in [2.24, 2.45) is 0 Å². The molecule has 1 heterocycles. The molecule has 0 unspecified atom stereocenters. The Morgan fingerprint density at radius 2 is 1.88 bits per heavy atom. The van der Waals surface area contributed by atoms with E-state index in [-0.39, 0.29) is 0 Å². The molecule has 0 spiro atoms. The zero-order chi connectivity index (χ0) is 18.4. The Labute approximate surface area is 149 Å². The number of hydrogen-bond donors (Lipinski definition) is 1. The highest BCUT2D eigenvalue weighted by Crippen LogP contribution is 2.14. The first-order valence-electron chi connectivity index (χ1n) is 8.38. The van der Waals surface area contributed by atoms with Crippen LogP contribution in [0.4, 0.5) is 4.79 Å². The first kappa shape index (κ1) is 18.8. The monoisotopic (exact) mass is 343 g/mol. The van der Waals surface area contributed by atoms with Crippen molar-refractivity contribution in [1.82, 2.24) is 5.32 Å². The summed E-state index contributed by atoms with van der Waals surface area (Å²) in [6, 6.07) is 12.3. The summed E-state index contributed by atoms with van der Waals surface area (Å²) < 4.78 is 7.01. The molecule has 0 aliphatic heterocycles. The molecule has 0 fully saturated rings. The predicted molar refractivity (Wildman–Crippen MR) is 96.2 cm³/mol. The molecule has 1 aromatic heterocycles. The second-order valence-corrected chi connectivity index (χ2v) is 7.02. The molecule has 0 aliphatic carbocycles. The summed E-state index contributed by atoms with van der Waals surface area (Å²) in [4.78, 5) is 17.4. The number of ether oxygens (including phenoxy) is 1. The van der Waals surface area contributed by atoms with Crippen LogP contribution in [0.2, 0.25) is 0 Å². The normalized spacial score (nSPS) is 11.1. The summed E-state index contributed by atoms with van der Waals surface area (Å²) >= 11 is 0. The van der Waals surface area contributed by atoms with Crippen LogP contribution >= 0.6 is 0 Å². The van der Waals surface area contributed by atoms with Gasteiger partial charge in [0.15, 0.2) is 0 Å². The molecular formula is C20H27N2O3+. The molecule has 0 bridgehead atoms. The number of carbonyl (C=O) groups is 1. The van der Waals surface area contributed by atoms with Gasteiger partial charge in [0.1, 0.15) is 19.3 Å². The molecule has 5 heteroatoms. The molecule has 0 saturated carbocycles. The molecular weight excluding hydrogens is 316 g/mol. The fourth-order valence-electron chi connectivity index (χ4n) is 2.59. The van der Waals surface area contributed by atoms with Crippen molar-refractivity contribution in [1.29, 1.82) is 0 Å². The lowest BCUT2D eigenvalue weighted by Gasteiger charge is -2.19. The van der Waals surface area contributed by atoms with Gasteiger partial charge in [-0.1, -0.05) is 30.3 Å². The Morgan fingerprint density at radius 3 is 2.48 bits per heavy atom. The molecule has 134 valence electrons. The van der Waals surface area contributed by atoms with Crippen molar-refractivity contribution in [3.8, 4) is 0 Å². The molecule has 5 nitrogen and oxygen atoms in total. The van der Waals surface area contributed by atoms with E-state index in [0.717, 1.165) is 23.2 Å². The Bertz CT molecular complexity index is 722. The van der Waals surface area contributed by atoms with Gasteiger partial charge in [-0.25, -0.2) is 4.79 Å². The van der Waals surface area contributed by atoms with Crippen LogP contribution in [-0.4, -0.2) is 18.8 Å². The fourth-order valence-corrected chi connectivity index (χ4v) is 2.59. The highest BCUT2D eigenvalue weighted by molar-refractivity contribution is 5.67. The van der Waals surface area contributed by atoms with Gasteiger partial charge in [0.05, 0.1) is 0 Å². The maximum Gasteiger partial charge on any atom is 0.408 e. The predicted octanol–water partition coefficient (Wildman–Crippen LogP) is 2.96. The number of rotatable bonds is 5. The minimum absolute atomic E-state index is 0.325. The molecule has 2 aromatic rings. The number of nitrogens with zero attached hydrogens (tertiary/aromatic N) is 1. The van der Waals surface area contributed by atoms with Crippen LogP contribution in [0.25, 0.3) is 0 Å². The number of aromatic nitrogens is 1. The van der Waals surface area contributed by atoms with Crippen molar-refractivity contribution in [2.75, 3.05) is 7.11 Å². The Balaban J connectivity index is 2.24. The minimum atomic E-state index is -0.526. The van der Waals surface area contributed by atoms with Gasteiger partial charge in [-0.15, -0.1) is 0 Å². The van der Waals surface area contributed by atoms with E-state index < -0.39 is 11.7 Å². The highest BCUT2D eigenvalue weighted by atomic mass is 16.6. The third-order valence-corrected chi connectivity index (χ3v) is 3.59. The van der Waals surface area contributed by atoms with Crippen LogP contribution in [-0.2, 0) is 17.7 Å². The Hall–Kier alpha value is -2.56. The summed E-state index contributed by atoms with van der Waals surface area (Å²) in [5, 5.41) is 2.81. The summed E-state index contributed by atoms with van der Waals surface area (Å²) in [6.07, 6.45) is 2.22. The summed E-state index contributed by atoms with van der Waals surface area (Å²) in [5.74, 6) is 0. The van der Waals surface area contributed by atoms with Gasteiger partial charge in [-0.05, 0) is 39.3 Å². The van der Waals surface area contributed by atoms with Crippen LogP contribution in [0.15, 0.2) is 42.6 Å². The number of benzene rings is 1. The SMILES string of the molecule is CO[n+]1cc(C)cc(Cc2ccccc2)c1CNC(=O)OC(C)(C)C. The second-order valence-electron chi connectivity index (χ2n) is 7.02. The van der Waals surface area contributed by atoms with E-state index >= 15 is 0 Å². The number of amides is 1. The number of carbonyl (C=O) groups excluding carboxylic acids is 1. The molecule has 25 heavy (non-hydrogen) atoms. The standard InChI is InChI=1S/C20H26N2O3/c1-15-11-17(12-16-9-7-6-8-10-16)18(22(14-15)24-5)13-21-19(23)25-20(2,3)4/h6-11,14H,12-13H2,1-5H3/p+1. The average Bonchev–Trinajstić information content (AvgIpc) is 2.52. The molecule has 1 aromatic carbocycles. The van der Waals surface area contributed by atoms with Crippen LogP contribution in [0.3, 0.4) is 0 Å². The largest absolute Gasteiger partial charge is 0.444 e. The topological polar surface area (TPSA) is 51.4 Å². The van der Waals surface area contributed by atoms with Crippen molar-refractivity contribution < 1.29 is 19.1 Å². The Morgan fingerprint density at radius 1 is 1.20 bits per heavy atom. The van der Waals surface area contributed by atoms with Crippen LogP contribution < -0.4 is 14.9 Å². The van der Waals surface area contributed by atoms with Gasteiger partial charge in [-0.2, -0.15) is 0 Å². The maximum atomic E-state index is 12.0. The van der Waals surface area contributed by atoms with E-state index in [0.29, 0.717) is 6.54 Å². The van der Waals surface area contributed by atoms with Crippen molar-refractivity contribution in [3.63, 3.8) is 0 Å². The fraction of sp³-hybridized carbons (Fsp3) is 0.400. The van der Waals surface area contributed by atoms with E-state index in [4.69, 9.17) is 9.57 Å². The van der Waals surface area contributed by atoms with E-state index in [1.807, 2.05) is 52.1 Å². The number of nitrogens with one attached hydrogen (secondary N) is 1. The summed E-state index contributed by atoms with van der Waals surface area (Å²) in [7, 11) is 1.61. The van der Waals surface area contributed by atoms with Gasteiger partial charge in [-0.3, -0.25) is 4.84 Å². The minimum Gasteiger partial charge on any atom is -0.444 e. The van der Waals surface area contributed by atoms with Crippen LogP contribution in [0.1, 0.15) is 43.2 Å². The number of hydrogen-bond acceptors (Lipinski definition) is 3. The van der Waals surface area contributed by atoms with E-state index in [1.54, 1.807) is 11.8 Å². The molecule has 0 radical (unpaired) electrons. The molecule has 1 N–H and O–H groups in total. The zero-order valence-electron chi connectivity index (χ0n) is 15.6. The van der Waals surface area contributed by atoms with Crippen LogP contribution in [0, 0.1) is 6.92 Å². The highest BCUT2D eigenvalue weighted by Gasteiger charge is 2.22. The quantitative estimate of drug-likeness (QED) is 0.849. The Kier molecular flexibility index (Phi) is 6.02. The average molecular weight is 343 g/mol. The smallest absolute Gasteiger partial charge is 0.408 e. The van der Waals surface area contributed by atoms with Crippen LogP contribution in [0.5, 0.6) is 0 Å². The van der Waals surface area contributed by atoms with Gasteiger partial charge in [0, 0.05) is 22.3 Å². The molecule has 0 aliphatic rings.